The van der Waals surface area contributed by atoms with Gasteiger partial charge in [0.1, 0.15) is 12.4 Å². The maximum atomic E-state index is 12.0. The van der Waals surface area contributed by atoms with E-state index < -0.39 is 5.97 Å². The van der Waals surface area contributed by atoms with E-state index in [9.17, 15) is 4.79 Å². The van der Waals surface area contributed by atoms with Gasteiger partial charge < -0.3 is 9.47 Å². The van der Waals surface area contributed by atoms with Crippen LogP contribution in [0, 0.1) is 0 Å². The van der Waals surface area contributed by atoms with Gasteiger partial charge in [-0.2, -0.15) is 5.10 Å². The molecule has 0 aliphatic carbocycles. The molecule has 0 saturated carbocycles. The molecular weight excluding hydrogens is 406 g/mol. The Labute approximate surface area is 177 Å². The molecule has 0 radical (unpaired) electrons. The molecular formula is C21H16ClN5O3. The second kappa shape index (κ2) is 8.71. The average molecular weight is 422 g/mol. The first-order valence-corrected chi connectivity index (χ1v) is 9.33. The van der Waals surface area contributed by atoms with E-state index in [4.69, 9.17) is 21.1 Å². The molecule has 150 valence electrons. The molecule has 9 heteroatoms. The molecule has 0 atom stereocenters. The third-order valence-corrected chi connectivity index (χ3v) is 4.39. The fourth-order valence-corrected chi connectivity index (χ4v) is 2.82. The van der Waals surface area contributed by atoms with Crippen molar-refractivity contribution in [3.05, 3.63) is 83.3 Å². The minimum atomic E-state index is -0.570. The molecule has 0 saturated heterocycles. The van der Waals surface area contributed by atoms with Crippen molar-refractivity contribution in [1.82, 2.24) is 25.0 Å². The van der Waals surface area contributed by atoms with E-state index in [0.29, 0.717) is 29.6 Å². The van der Waals surface area contributed by atoms with Gasteiger partial charge in [-0.1, -0.05) is 41.9 Å². The number of hydrogen-bond acceptors (Lipinski definition) is 7. The van der Waals surface area contributed by atoms with Crippen molar-refractivity contribution in [2.75, 3.05) is 7.11 Å². The van der Waals surface area contributed by atoms with E-state index in [1.54, 1.807) is 36.5 Å². The summed E-state index contributed by atoms with van der Waals surface area (Å²) in [6.45, 7) is 0.437. The molecule has 1 aromatic carbocycles. The number of hydrogen-bond donors (Lipinski definition) is 0. The van der Waals surface area contributed by atoms with E-state index >= 15 is 0 Å². The highest BCUT2D eigenvalue weighted by Gasteiger charge is 2.19. The van der Waals surface area contributed by atoms with Gasteiger partial charge in [-0.25, -0.2) is 9.48 Å². The summed E-state index contributed by atoms with van der Waals surface area (Å²) in [4.78, 5) is 16.4. The maximum absolute atomic E-state index is 12.0. The molecule has 0 amide bonds. The fraction of sp³-hybridized carbons (Fsp3) is 0.0952. The van der Waals surface area contributed by atoms with Crippen LogP contribution in [0.4, 0.5) is 0 Å². The molecule has 0 fully saturated rings. The fourth-order valence-electron chi connectivity index (χ4n) is 2.72. The smallest absolute Gasteiger partial charge is 0.358 e. The monoisotopic (exact) mass is 421 g/mol. The molecule has 0 aliphatic rings. The zero-order chi connectivity index (χ0) is 20.9. The normalized spacial score (nSPS) is 10.6. The molecule has 0 unspecified atom stereocenters. The summed E-state index contributed by atoms with van der Waals surface area (Å²) in [5, 5.41) is 12.4. The minimum Gasteiger partial charge on any atom is -0.487 e. The summed E-state index contributed by atoms with van der Waals surface area (Å²) >= 11 is 5.82. The second-order valence-corrected chi connectivity index (χ2v) is 6.57. The van der Waals surface area contributed by atoms with E-state index in [2.05, 4.69) is 20.3 Å². The lowest BCUT2D eigenvalue weighted by Gasteiger charge is -2.08. The van der Waals surface area contributed by atoms with Crippen molar-refractivity contribution in [3.63, 3.8) is 0 Å². The Bertz CT molecular complexity index is 1150. The van der Waals surface area contributed by atoms with Crippen LogP contribution >= 0.6 is 11.6 Å². The van der Waals surface area contributed by atoms with Crippen LogP contribution in [0.25, 0.3) is 17.2 Å². The van der Waals surface area contributed by atoms with Gasteiger partial charge in [-0.15, -0.1) is 10.2 Å². The summed E-state index contributed by atoms with van der Waals surface area (Å²) in [6.07, 6.45) is 1.61. The Morgan fingerprint density at radius 2 is 1.90 bits per heavy atom. The summed E-state index contributed by atoms with van der Waals surface area (Å²) in [7, 11) is 1.29. The molecule has 4 rings (SSSR count). The summed E-state index contributed by atoms with van der Waals surface area (Å²) < 4.78 is 12.0. The Morgan fingerprint density at radius 1 is 1.07 bits per heavy atom. The topological polar surface area (TPSA) is 92.0 Å². The number of pyridine rings is 1. The third kappa shape index (κ3) is 4.28. The number of methoxy groups -OCH3 is 1. The quantitative estimate of drug-likeness (QED) is 0.438. The van der Waals surface area contributed by atoms with Gasteiger partial charge in [0.15, 0.2) is 16.7 Å². The predicted molar refractivity (Wildman–Crippen MR) is 110 cm³/mol. The van der Waals surface area contributed by atoms with Crippen molar-refractivity contribution in [2.45, 2.75) is 6.61 Å². The largest absolute Gasteiger partial charge is 0.487 e. The molecule has 8 nitrogen and oxygen atoms in total. The molecule has 3 aromatic heterocycles. The van der Waals surface area contributed by atoms with Gasteiger partial charge >= 0.3 is 5.97 Å². The Kier molecular flexibility index (Phi) is 5.67. The lowest BCUT2D eigenvalue weighted by Crippen LogP contribution is -2.06. The van der Waals surface area contributed by atoms with Crippen LogP contribution in [0.3, 0.4) is 0 Å². The highest BCUT2D eigenvalue weighted by atomic mass is 35.5. The van der Waals surface area contributed by atoms with Crippen LogP contribution in [0.2, 0.25) is 5.15 Å². The Morgan fingerprint density at radius 3 is 2.57 bits per heavy atom. The molecule has 0 spiro atoms. The predicted octanol–water partition coefficient (Wildman–Crippen LogP) is 3.74. The SMILES string of the molecule is COC(=O)c1cc(-c2ccc(OCc3ccccc3)cn2)n(-c2ccc(Cl)nn2)n1. The van der Waals surface area contributed by atoms with Crippen LogP contribution in [0.1, 0.15) is 16.1 Å². The van der Waals surface area contributed by atoms with Crippen molar-refractivity contribution in [1.29, 1.82) is 0 Å². The number of nitrogens with zero attached hydrogens (tertiary/aromatic N) is 5. The van der Waals surface area contributed by atoms with Crippen LogP contribution in [0.15, 0.2) is 66.9 Å². The number of benzene rings is 1. The maximum Gasteiger partial charge on any atom is 0.358 e. The van der Waals surface area contributed by atoms with Gasteiger partial charge in [0, 0.05) is 6.07 Å². The zero-order valence-corrected chi connectivity index (χ0v) is 16.7. The van der Waals surface area contributed by atoms with Gasteiger partial charge in [-0.3, -0.25) is 4.98 Å². The lowest BCUT2D eigenvalue weighted by atomic mass is 10.2. The molecule has 4 aromatic rings. The van der Waals surface area contributed by atoms with Gasteiger partial charge in [0.2, 0.25) is 0 Å². The summed E-state index contributed by atoms with van der Waals surface area (Å²) in [5.41, 5.74) is 2.29. The standard InChI is InChI=1S/C21H16ClN5O3/c1-29-21(28)17-11-18(27(26-17)20-10-9-19(22)24-25-20)16-8-7-15(12-23-16)30-13-14-5-3-2-4-6-14/h2-12H,13H2,1H3. The van der Waals surface area contributed by atoms with Gasteiger partial charge in [0.05, 0.1) is 24.7 Å². The third-order valence-electron chi connectivity index (χ3n) is 4.19. The number of esters is 1. The van der Waals surface area contributed by atoms with Crippen LogP contribution in [-0.4, -0.2) is 38.0 Å². The molecule has 0 N–H and O–H groups in total. The van der Waals surface area contributed by atoms with Gasteiger partial charge in [0.25, 0.3) is 0 Å². The number of halogens is 1. The Hall–Kier alpha value is -3.78. The van der Waals surface area contributed by atoms with Crippen LogP contribution in [-0.2, 0) is 11.3 Å². The summed E-state index contributed by atoms with van der Waals surface area (Å²) in [6, 6.07) is 18.2. The van der Waals surface area contributed by atoms with E-state index in [1.165, 1.54) is 11.8 Å². The first-order valence-electron chi connectivity index (χ1n) is 8.95. The number of carbonyl (C=O) groups excluding carboxylic acids is 1. The van der Waals surface area contributed by atoms with E-state index in [-0.39, 0.29) is 10.8 Å². The van der Waals surface area contributed by atoms with Gasteiger partial charge in [-0.05, 0) is 29.8 Å². The number of rotatable bonds is 6. The van der Waals surface area contributed by atoms with Crippen molar-refractivity contribution < 1.29 is 14.3 Å². The van der Waals surface area contributed by atoms with Crippen LogP contribution < -0.4 is 4.74 Å². The number of ether oxygens (including phenoxy) is 2. The minimum absolute atomic E-state index is 0.121. The molecule has 0 aliphatic heterocycles. The average Bonchev–Trinajstić information content (AvgIpc) is 3.24. The number of aromatic nitrogens is 5. The lowest BCUT2D eigenvalue weighted by molar-refractivity contribution is 0.0593. The van der Waals surface area contributed by atoms with Crippen molar-refractivity contribution in [2.24, 2.45) is 0 Å². The second-order valence-electron chi connectivity index (χ2n) is 6.19. The Balaban J connectivity index is 1.62. The van der Waals surface area contributed by atoms with E-state index in [0.717, 1.165) is 5.56 Å². The van der Waals surface area contributed by atoms with Crippen molar-refractivity contribution in [3.8, 4) is 23.0 Å². The van der Waals surface area contributed by atoms with Crippen LogP contribution in [0.5, 0.6) is 5.75 Å². The van der Waals surface area contributed by atoms with Crippen molar-refractivity contribution >= 4 is 17.6 Å². The first kappa shape index (κ1) is 19.5. The first-order chi connectivity index (χ1) is 14.6. The highest BCUT2D eigenvalue weighted by molar-refractivity contribution is 6.29. The molecule has 3 heterocycles. The summed E-state index contributed by atoms with van der Waals surface area (Å²) in [5.74, 6) is 0.434. The number of carbonyl (C=O) groups is 1. The molecule has 30 heavy (non-hydrogen) atoms. The zero-order valence-electron chi connectivity index (χ0n) is 15.9. The van der Waals surface area contributed by atoms with E-state index in [1.807, 2.05) is 30.3 Å². The highest BCUT2D eigenvalue weighted by Crippen LogP contribution is 2.24. The molecule has 0 bridgehead atoms.